The highest BCUT2D eigenvalue weighted by Crippen LogP contribution is 2.40. The molecule has 2 aromatic heterocycles. The number of nitrogens with zero attached hydrogens (tertiary/aromatic N) is 3. The Morgan fingerprint density at radius 2 is 1.94 bits per heavy atom. The summed E-state index contributed by atoms with van der Waals surface area (Å²) in [5.41, 5.74) is 7.09. The number of hydrogen-bond donors (Lipinski definition) is 1. The van der Waals surface area contributed by atoms with E-state index in [1.807, 2.05) is 12.1 Å². The highest BCUT2D eigenvalue weighted by molar-refractivity contribution is 7.13. The molecule has 0 spiro atoms. The first-order chi connectivity index (χ1) is 15.5. The quantitative estimate of drug-likeness (QED) is 0.351. The summed E-state index contributed by atoms with van der Waals surface area (Å²) >= 11 is 7.72. The Morgan fingerprint density at radius 3 is 2.72 bits per heavy atom. The topological polar surface area (TPSA) is 50.7 Å². The molecule has 0 bridgehead atoms. The van der Waals surface area contributed by atoms with E-state index in [-0.39, 0.29) is 5.92 Å². The summed E-state index contributed by atoms with van der Waals surface area (Å²) in [4.78, 5) is 9.20. The van der Waals surface area contributed by atoms with Crippen molar-refractivity contribution in [2.45, 2.75) is 51.5 Å². The van der Waals surface area contributed by atoms with Gasteiger partial charge < -0.3 is 5.32 Å². The van der Waals surface area contributed by atoms with E-state index in [1.54, 1.807) is 17.9 Å². The van der Waals surface area contributed by atoms with E-state index in [1.165, 1.54) is 26.9 Å². The van der Waals surface area contributed by atoms with E-state index in [9.17, 15) is 0 Å². The minimum Gasteiger partial charge on any atom is -0.314 e. The molecule has 1 aliphatic carbocycles. The Kier molecular flexibility index (Phi) is 5.97. The third kappa shape index (κ3) is 4.05. The molecule has 6 heteroatoms. The van der Waals surface area contributed by atoms with Gasteiger partial charge in [-0.25, -0.2) is 9.97 Å². The summed E-state index contributed by atoms with van der Waals surface area (Å²) < 4.78 is 6.12. The van der Waals surface area contributed by atoms with Crippen LogP contribution in [-0.4, -0.2) is 26.9 Å². The molecule has 1 aliphatic rings. The Hall–Kier alpha value is -2.34. The Labute approximate surface area is 198 Å². The van der Waals surface area contributed by atoms with Gasteiger partial charge in [-0.3, -0.25) is 0 Å². The molecule has 0 radical (unpaired) electrons. The Balaban J connectivity index is 1.56. The molecule has 2 unspecified atom stereocenters. The van der Waals surface area contributed by atoms with Crippen molar-refractivity contribution < 1.29 is 0 Å². The lowest BCUT2D eigenvalue weighted by Gasteiger charge is -2.19. The fourth-order valence-electron chi connectivity index (χ4n) is 4.65. The van der Waals surface area contributed by atoms with Crippen LogP contribution in [0.3, 0.4) is 0 Å². The van der Waals surface area contributed by atoms with Crippen LogP contribution in [0, 0.1) is 0 Å². The lowest BCUT2D eigenvalue weighted by Crippen LogP contribution is -2.28. The van der Waals surface area contributed by atoms with E-state index in [2.05, 4.69) is 66.4 Å². The predicted molar refractivity (Wildman–Crippen MR) is 134 cm³/mol. The van der Waals surface area contributed by atoms with Crippen LogP contribution in [0.15, 0.2) is 48.8 Å². The zero-order valence-corrected chi connectivity index (χ0v) is 20.2. The third-order valence-corrected chi connectivity index (χ3v) is 7.45. The van der Waals surface area contributed by atoms with E-state index < -0.39 is 0 Å². The molecule has 1 N–H and O–H groups in total. The summed E-state index contributed by atoms with van der Waals surface area (Å²) in [7, 11) is 0. The minimum atomic E-state index is 0.164. The van der Waals surface area contributed by atoms with Gasteiger partial charge in [0.2, 0.25) is 0 Å². The van der Waals surface area contributed by atoms with Crippen LogP contribution < -0.4 is 5.32 Å². The van der Waals surface area contributed by atoms with E-state index in [0.29, 0.717) is 12.0 Å². The van der Waals surface area contributed by atoms with Crippen LogP contribution in [0.2, 0.25) is 5.02 Å². The maximum Gasteiger partial charge on any atom is 0.116 e. The molecular formula is C26H27ClN4S. The van der Waals surface area contributed by atoms with E-state index in [0.717, 1.165) is 41.4 Å². The zero-order valence-electron chi connectivity index (χ0n) is 18.6. The molecule has 2 heterocycles. The van der Waals surface area contributed by atoms with Crippen molar-refractivity contribution in [2.75, 3.05) is 6.54 Å². The SMILES string of the molecule is CC(C)NCC(c1ccc(Cl)cc1)c1nsc2cc(-c3ncnc4c3C(C)CC4)ccc12. The standard InChI is InChI=1S/C26H27ClN4S/c1-15(2)28-13-21(17-5-8-19(27)9-6-17)26-20-10-7-18(12-23(20)32-31-26)25-24-16(3)4-11-22(24)29-14-30-25/h5-10,12,14-16,21,28H,4,11,13H2,1-3H3. The minimum absolute atomic E-state index is 0.164. The van der Waals surface area contributed by atoms with Gasteiger partial charge in [-0.1, -0.05) is 56.6 Å². The summed E-state index contributed by atoms with van der Waals surface area (Å²) in [6.07, 6.45) is 3.91. The van der Waals surface area contributed by atoms with E-state index >= 15 is 0 Å². The molecule has 2 aromatic carbocycles. The number of rotatable bonds is 6. The number of halogens is 1. The molecule has 32 heavy (non-hydrogen) atoms. The normalized spacial score (nSPS) is 16.6. The molecule has 0 fully saturated rings. The number of fused-ring (bicyclic) bond motifs is 2. The lowest BCUT2D eigenvalue weighted by atomic mass is 9.92. The number of hydrogen-bond acceptors (Lipinski definition) is 5. The average Bonchev–Trinajstić information content (AvgIpc) is 3.38. The first kappa shape index (κ1) is 21.5. The molecule has 164 valence electrons. The fourth-order valence-corrected chi connectivity index (χ4v) is 5.65. The fraction of sp³-hybridized carbons (Fsp3) is 0.346. The second-order valence-electron chi connectivity index (χ2n) is 8.97. The molecule has 0 amide bonds. The summed E-state index contributed by atoms with van der Waals surface area (Å²) in [6.45, 7) is 7.45. The lowest BCUT2D eigenvalue weighted by molar-refractivity contribution is 0.559. The zero-order chi connectivity index (χ0) is 22.2. The van der Waals surface area contributed by atoms with Crippen LogP contribution in [0.5, 0.6) is 0 Å². The number of benzene rings is 2. The van der Waals surface area contributed by atoms with Crippen molar-refractivity contribution in [1.82, 2.24) is 19.7 Å². The molecule has 0 saturated carbocycles. The first-order valence-corrected chi connectivity index (χ1v) is 12.4. The second-order valence-corrected chi connectivity index (χ2v) is 10.2. The van der Waals surface area contributed by atoms with Crippen LogP contribution >= 0.6 is 23.1 Å². The highest BCUT2D eigenvalue weighted by atomic mass is 35.5. The molecule has 5 rings (SSSR count). The Morgan fingerprint density at radius 1 is 1.12 bits per heavy atom. The largest absolute Gasteiger partial charge is 0.314 e. The van der Waals surface area contributed by atoms with Gasteiger partial charge in [-0.05, 0) is 54.1 Å². The maximum atomic E-state index is 6.15. The number of aryl methyl sites for hydroxylation is 1. The second kappa shape index (κ2) is 8.89. The smallest absolute Gasteiger partial charge is 0.116 e. The molecule has 0 aliphatic heterocycles. The molecule has 2 atom stereocenters. The third-order valence-electron chi connectivity index (χ3n) is 6.38. The van der Waals surface area contributed by atoms with Gasteiger partial charge in [0.15, 0.2) is 0 Å². The maximum absolute atomic E-state index is 6.15. The van der Waals surface area contributed by atoms with Crippen molar-refractivity contribution in [1.29, 1.82) is 0 Å². The van der Waals surface area contributed by atoms with Crippen LogP contribution in [0.4, 0.5) is 0 Å². The van der Waals surface area contributed by atoms with Gasteiger partial charge in [0, 0.05) is 45.7 Å². The van der Waals surface area contributed by atoms with E-state index in [4.69, 9.17) is 16.0 Å². The van der Waals surface area contributed by atoms with Crippen molar-refractivity contribution in [3.63, 3.8) is 0 Å². The van der Waals surface area contributed by atoms with Crippen molar-refractivity contribution in [3.05, 3.63) is 76.3 Å². The number of nitrogens with one attached hydrogen (secondary N) is 1. The molecule has 0 saturated heterocycles. The molecular weight excluding hydrogens is 436 g/mol. The van der Waals surface area contributed by atoms with Gasteiger partial charge in [0.05, 0.1) is 16.1 Å². The van der Waals surface area contributed by atoms with Crippen LogP contribution in [-0.2, 0) is 6.42 Å². The molecule has 4 aromatic rings. The van der Waals surface area contributed by atoms with Crippen LogP contribution in [0.25, 0.3) is 21.3 Å². The summed E-state index contributed by atoms with van der Waals surface area (Å²) in [5, 5.41) is 5.56. The van der Waals surface area contributed by atoms with Gasteiger partial charge in [-0.15, -0.1) is 0 Å². The Bertz CT molecular complexity index is 1250. The van der Waals surface area contributed by atoms with Crippen molar-refractivity contribution in [2.24, 2.45) is 0 Å². The average molecular weight is 463 g/mol. The van der Waals surface area contributed by atoms with Crippen molar-refractivity contribution >= 4 is 33.2 Å². The van der Waals surface area contributed by atoms with Gasteiger partial charge in [-0.2, -0.15) is 4.37 Å². The molecule has 4 nitrogen and oxygen atoms in total. The van der Waals surface area contributed by atoms with Gasteiger partial charge in [0.25, 0.3) is 0 Å². The predicted octanol–water partition coefficient (Wildman–Crippen LogP) is 6.59. The number of aromatic nitrogens is 3. The van der Waals surface area contributed by atoms with Crippen LogP contribution in [0.1, 0.15) is 61.5 Å². The first-order valence-electron chi connectivity index (χ1n) is 11.2. The van der Waals surface area contributed by atoms with Gasteiger partial charge in [0.1, 0.15) is 6.33 Å². The summed E-state index contributed by atoms with van der Waals surface area (Å²) in [6, 6.07) is 15.2. The van der Waals surface area contributed by atoms with Gasteiger partial charge >= 0.3 is 0 Å². The summed E-state index contributed by atoms with van der Waals surface area (Å²) in [5.74, 6) is 0.669. The monoisotopic (exact) mass is 462 g/mol. The van der Waals surface area contributed by atoms with Crippen molar-refractivity contribution in [3.8, 4) is 11.3 Å². The highest BCUT2D eigenvalue weighted by Gasteiger charge is 2.25.